The van der Waals surface area contributed by atoms with Gasteiger partial charge in [-0.3, -0.25) is 9.78 Å². The zero-order valence-corrected chi connectivity index (χ0v) is 10.3. The van der Waals surface area contributed by atoms with Gasteiger partial charge in [0.05, 0.1) is 0 Å². The third-order valence-electron chi connectivity index (χ3n) is 3.02. The summed E-state index contributed by atoms with van der Waals surface area (Å²) < 4.78 is 0. The Balaban J connectivity index is 2.09. The molecule has 1 aliphatic rings. The summed E-state index contributed by atoms with van der Waals surface area (Å²) >= 11 is 0. The number of hydrogen-bond donors (Lipinski definition) is 0. The molecular formula is C14H19NO. The molecule has 0 bridgehead atoms. The maximum absolute atomic E-state index is 11.8. The largest absolute Gasteiger partial charge is 0.294 e. The minimum atomic E-state index is 0.0536. The van der Waals surface area contributed by atoms with Crippen molar-refractivity contribution in [2.75, 3.05) is 0 Å². The molecule has 1 aromatic heterocycles. The number of hydrogen-bond acceptors (Lipinski definition) is 2. The van der Waals surface area contributed by atoms with Crippen molar-refractivity contribution < 1.29 is 4.79 Å². The molecule has 0 radical (unpaired) electrons. The van der Waals surface area contributed by atoms with Gasteiger partial charge in [0.15, 0.2) is 5.78 Å². The summed E-state index contributed by atoms with van der Waals surface area (Å²) in [5, 5.41) is 0. The van der Waals surface area contributed by atoms with Crippen LogP contribution in [0.4, 0.5) is 0 Å². The molecule has 0 spiro atoms. The van der Waals surface area contributed by atoms with E-state index in [-0.39, 0.29) is 11.2 Å². The quantitative estimate of drug-likeness (QED) is 0.727. The Kier molecular flexibility index (Phi) is 2.83. The van der Waals surface area contributed by atoms with Gasteiger partial charge in [0.1, 0.15) is 0 Å². The zero-order valence-electron chi connectivity index (χ0n) is 10.3. The molecule has 0 aliphatic heterocycles. The van der Waals surface area contributed by atoms with Crippen molar-refractivity contribution in [1.29, 1.82) is 0 Å². The van der Waals surface area contributed by atoms with Crippen LogP contribution in [0.5, 0.6) is 0 Å². The molecule has 86 valence electrons. The van der Waals surface area contributed by atoms with Crippen LogP contribution in [0, 0.1) is 5.92 Å². The molecule has 0 N–H and O–H groups in total. The molecule has 1 aliphatic carbocycles. The third kappa shape index (κ3) is 2.69. The second kappa shape index (κ2) is 4.00. The van der Waals surface area contributed by atoms with Crippen molar-refractivity contribution in [1.82, 2.24) is 4.98 Å². The SMILES string of the molecule is CC(C)(C)c1ccc(C(=O)CC2CC2)cn1. The van der Waals surface area contributed by atoms with E-state index in [1.54, 1.807) is 6.20 Å². The monoisotopic (exact) mass is 217 g/mol. The van der Waals surface area contributed by atoms with E-state index in [1.807, 2.05) is 12.1 Å². The van der Waals surface area contributed by atoms with E-state index in [0.717, 1.165) is 11.3 Å². The molecule has 1 heterocycles. The van der Waals surface area contributed by atoms with Gasteiger partial charge in [0.2, 0.25) is 0 Å². The molecule has 0 unspecified atom stereocenters. The Morgan fingerprint density at radius 1 is 1.38 bits per heavy atom. The van der Waals surface area contributed by atoms with E-state index in [1.165, 1.54) is 12.8 Å². The van der Waals surface area contributed by atoms with Crippen LogP contribution in [0.15, 0.2) is 18.3 Å². The van der Waals surface area contributed by atoms with Gasteiger partial charge in [0, 0.05) is 29.3 Å². The van der Waals surface area contributed by atoms with Gasteiger partial charge in [-0.15, -0.1) is 0 Å². The van der Waals surface area contributed by atoms with Crippen LogP contribution >= 0.6 is 0 Å². The fourth-order valence-corrected chi connectivity index (χ4v) is 1.70. The highest BCUT2D eigenvalue weighted by Crippen LogP contribution is 2.33. The number of aromatic nitrogens is 1. The number of Topliss-reactive ketones (excluding diaryl/α,β-unsaturated/α-hetero) is 1. The Labute approximate surface area is 97.1 Å². The fraction of sp³-hybridized carbons (Fsp3) is 0.571. The van der Waals surface area contributed by atoms with Gasteiger partial charge in [-0.1, -0.05) is 20.8 Å². The topological polar surface area (TPSA) is 30.0 Å². The summed E-state index contributed by atoms with van der Waals surface area (Å²) in [6.45, 7) is 6.38. The van der Waals surface area contributed by atoms with Crippen LogP contribution in [0.1, 0.15) is 56.1 Å². The van der Waals surface area contributed by atoms with Crippen LogP contribution in [-0.2, 0) is 5.41 Å². The van der Waals surface area contributed by atoms with Crippen molar-refractivity contribution in [3.63, 3.8) is 0 Å². The molecule has 0 saturated heterocycles. The van der Waals surface area contributed by atoms with Crippen molar-refractivity contribution in [3.8, 4) is 0 Å². The third-order valence-corrected chi connectivity index (χ3v) is 3.02. The second-order valence-corrected chi connectivity index (χ2v) is 5.75. The van der Waals surface area contributed by atoms with Crippen molar-refractivity contribution in [2.45, 2.75) is 45.4 Å². The molecule has 0 amide bonds. The van der Waals surface area contributed by atoms with E-state index in [2.05, 4.69) is 25.8 Å². The van der Waals surface area contributed by atoms with Crippen LogP contribution in [0.25, 0.3) is 0 Å². The highest BCUT2D eigenvalue weighted by atomic mass is 16.1. The number of carbonyl (C=O) groups is 1. The lowest BCUT2D eigenvalue weighted by atomic mass is 9.91. The van der Waals surface area contributed by atoms with Crippen LogP contribution in [0.3, 0.4) is 0 Å². The van der Waals surface area contributed by atoms with Crippen LogP contribution < -0.4 is 0 Å². The number of pyridine rings is 1. The van der Waals surface area contributed by atoms with Crippen LogP contribution in [-0.4, -0.2) is 10.8 Å². The van der Waals surface area contributed by atoms with Gasteiger partial charge in [-0.2, -0.15) is 0 Å². The number of rotatable bonds is 3. The Morgan fingerprint density at radius 2 is 2.06 bits per heavy atom. The van der Waals surface area contributed by atoms with Crippen molar-refractivity contribution in [3.05, 3.63) is 29.6 Å². The Morgan fingerprint density at radius 3 is 2.50 bits per heavy atom. The fourth-order valence-electron chi connectivity index (χ4n) is 1.70. The molecule has 1 saturated carbocycles. The van der Waals surface area contributed by atoms with Gasteiger partial charge in [-0.25, -0.2) is 0 Å². The summed E-state index contributed by atoms with van der Waals surface area (Å²) in [5.74, 6) is 0.894. The summed E-state index contributed by atoms with van der Waals surface area (Å²) in [5.41, 5.74) is 1.85. The lowest BCUT2D eigenvalue weighted by Gasteiger charge is -2.17. The highest BCUT2D eigenvalue weighted by Gasteiger charge is 2.25. The number of carbonyl (C=O) groups excluding carboxylic acids is 1. The minimum absolute atomic E-state index is 0.0536. The number of nitrogens with zero attached hydrogens (tertiary/aromatic N) is 1. The van der Waals surface area contributed by atoms with Gasteiger partial charge < -0.3 is 0 Å². The Bertz CT molecular complexity index is 382. The standard InChI is InChI=1S/C14H19NO/c1-14(2,3)13-7-6-11(9-15-13)12(16)8-10-4-5-10/h6-7,9-10H,4-5,8H2,1-3H3. The maximum Gasteiger partial charge on any atom is 0.164 e. The van der Waals surface area contributed by atoms with Gasteiger partial charge in [-0.05, 0) is 30.9 Å². The summed E-state index contributed by atoms with van der Waals surface area (Å²) in [6, 6.07) is 3.89. The summed E-state index contributed by atoms with van der Waals surface area (Å²) in [7, 11) is 0. The first-order chi connectivity index (χ1) is 7.47. The highest BCUT2D eigenvalue weighted by molar-refractivity contribution is 5.96. The molecule has 2 nitrogen and oxygen atoms in total. The maximum atomic E-state index is 11.8. The predicted octanol–water partition coefficient (Wildman–Crippen LogP) is 3.36. The van der Waals surface area contributed by atoms with E-state index in [9.17, 15) is 4.79 Å². The summed E-state index contributed by atoms with van der Waals surface area (Å²) in [6.07, 6.45) is 4.88. The molecule has 16 heavy (non-hydrogen) atoms. The van der Waals surface area contributed by atoms with E-state index >= 15 is 0 Å². The summed E-state index contributed by atoms with van der Waals surface area (Å²) in [4.78, 5) is 16.2. The zero-order chi connectivity index (χ0) is 11.8. The lowest BCUT2D eigenvalue weighted by molar-refractivity contribution is 0.0975. The van der Waals surface area contributed by atoms with Gasteiger partial charge in [0.25, 0.3) is 0 Å². The molecular weight excluding hydrogens is 198 g/mol. The minimum Gasteiger partial charge on any atom is -0.294 e. The smallest absolute Gasteiger partial charge is 0.164 e. The van der Waals surface area contributed by atoms with Gasteiger partial charge >= 0.3 is 0 Å². The van der Waals surface area contributed by atoms with Crippen LogP contribution in [0.2, 0.25) is 0 Å². The molecule has 0 aromatic carbocycles. The average molecular weight is 217 g/mol. The Hall–Kier alpha value is -1.18. The molecule has 2 rings (SSSR count). The van der Waals surface area contributed by atoms with E-state index < -0.39 is 0 Å². The number of ketones is 1. The lowest BCUT2D eigenvalue weighted by Crippen LogP contribution is -2.14. The molecule has 2 heteroatoms. The first kappa shape index (κ1) is 11.3. The first-order valence-electron chi connectivity index (χ1n) is 5.96. The first-order valence-corrected chi connectivity index (χ1v) is 5.96. The predicted molar refractivity (Wildman–Crippen MR) is 64.6 cm³/mol. The average Bonchev–Trinajstić information content (AvgIpc) is 3.00. The molecule has 0 atom stereocenters. The van der Waals surface area contributed by atoms with E-state index in [4.69, 9.17) is 0 Å². The second-order valence-electron chi connectivity index (χ2n) is 5.75. The van der Waals surface area contributed by atoms with Crippen molar-refractivity contribution >= 4 is 5.78 Å². The van der Waals surface area contributed by atoms with E-state index in [0.29, 0.717) is 12.3 Å². The van der Waals surface area contributed by atoms with Crippen molar-refractivity contribution in [2.24, 2.45) is 5.92 Å². The molecule has 1 aromatic rings. The molecule has 1 fully saturated rings. The normalized spacial score (nSPS) is 16.2.